The number of anilines is 2. The lowest BCUT2D eigenvalue weighted by Crippen LogP contribution is -2.26. The summed E-state index contributed by atoms with van der Waals surface area (Å²) >= 11 is 6.07. The van der Waals surface area contributed by atoms with Crippen LogP contribution in [-0.2, 0) is 15.8 Å². The highest BCUT2D eigenvalue weighted by Crippen LogP contribution is 2.42. The number of aromatic nitrogens is 3. The van der Waals surface area contributed by atoms with Gasteiger partial charge in [-0.2, -0.15) is 5.10 Å². The standard InChI is InChI=1S/C28H31ClF2N6O2S/c1-15(2)37-27-20(16-7-9-18(32)10-8-16)13-34-28(33)25(27)26(35-37)19-11-23(31)24(12-22(19)30)36-40(38,39)14-17-5-3-4-6-21(17)29/h3-6,11-13,15-16,18,36H,7-10,14,32H2,1-2H3,(H2,33,34)/t16-,18-. The van der Waals surface area contributed by atoms with E-state index in [1.807, 2.05) is 13.8 Å². The average Bonchev–Trinajstić information content (AvgIpc) is 3.30. The van der Waals surface area contributed by atoms with Crippen molar-refractivity contribution in [1.82, 2.24) is 14.8 Å². The molecule has 8 nitrogen and oxygen atoms in total. The van der Waals surface area contributed by atoms with Gasteiger partial charge in [-0.1, -0.05) is 29.8 Å². The molecule has 0 aliphatic heterocycles. The Morgan fingerprint density at radius 3 is 2.50 bits per heavy atom. The summed E-state index contributed by atoms with van der Waals surface area (Å²) in [7, 11) is -4.10. The van der Waals surface area contributed by atoms with E-state index in [4.69, 9.17) is 23.1 Å². The molecule has 1 aliphatic rings. The smallest absolute Gasteiger partial charge is 0.237 e. The lowest BCUT2D eigenvalue weighted by atomic mass is 9.82. The van der Waals surface area contributed by atoms with E-state index in [2.05, 4.69) is 14.8 Å². The second-order valence-electron chi connectivity index (χ2n) is 10.6. The molecular formula is C28H31ClF2N6O2S. The van der Waals surface area contributed by atoms with Crippen LogP contribution in [0.15, 0.2) is 42.6 Å². The second kappa shape index (κ2) is 10.9. The molecule has 12 heteroatoms. The van der Waals surface area contributed by atoms with Crippen LogP contribution in [0.5, 0.6) is 0 Å². The van der Waals surface area contributed by atoms with E-state index in [0.29, 0.717) is 10.9 Å². The monoisotopic (exact) mass is 588 g/mol. The molecule has 0 atom stereocenters. The van der Waals surface area contributed by atoms with Gasteiger partial charge in [-0.05, 0) is 68.7 Å². The number of nitrogens with one attached hydrogen (secondary N) is 1. The van der Waals surface area contributed by atoms with Crippen molar-refractivity contribution in [1.29, 1.82) is 0 Å². The number of hydrogen-bond donors (Lipinski definition) is 3. The molecule has 40 heavy (non-hydrogen) atoms. The molecule has 0 bridgehead atoms. The van der Waals surface area contributed by atoms with E-state index in [-0.39, 0.29) is 40.1 Å². The van der Waals surface area contributed by atoms with Gasteiger partial charge in [-0.3, -0.25) is 9.40 Å². The minimum absolute atomic E-state index is 0.105. The molecule has 0 saturated heterocycles. The van der Waals surface area contributed by atoms with Crippen LogP contribution in [-0.4, -0.2) is 29.2 Å². The van der Waals surface area contributed by atoms with Gasteiger partial charge >= 0.3 is 0 Å². The Kier molecular flexibility index (Phi) is 7.73. The molecule has 4 aromatic rings. The molecule has 0 amide bonds. The SMILES string of the molecule is CC(C)n1nc(-c2cc(F)c(NS(=O)(=O)Cc3ccccc3Cl)cc2F)c2c(N)ncc([C@H]3CC[C@H](N)CC3)c21. The second-order valence-corrected chi connectivity index (χ2v) is 12.7. The quantitative estimate of drug-likeness (QED) is 0.238. The number of nitrogens with zero attached hydrogens (tertiary/aromatic N) is 3. The third-order valence-electron chi connectivity index (χ3n) is 7.36. The van der Waals surface area contributed by atoms with Crippen LogP contribution >= 0.6 is 11.6 Å². The number of fused-ring (bicyclic) bond motifs is 1. The average molecular weight is 589 g/mol. The number of sulfonamides is 1. The summed E-state index contributed by atoms with van der Waals surface area (Å²) in [5.41, 5.74) is 13.9. The minimum Gasteiger partial charge on any atom is -0.383 e. The third kappa shape index (κ3) is 5.50. The zero-order chi connectivity index (χ0) is 28.8. The number of nitrogen functional groups attached to an aromatic ring is 1. The zero-order valence-electron chi connectivity index (χ0n) is 22.2. The molecule has 1 fully saturated rings. The van der Waals surface area contributed by atoms with Crippen molar-refractivity contribution in [3.63, 3.8) is 0 Å². The van der Waals surface area contributed by atoms with Crippen molar-refractivity contribution in [2.45, 2.75) is 63.3 Å². The molecule has 1 aliphatic carbocycles. The van der Waals surface area contributed by atoms with Crippen LogP contribution in [0, 0.1) is 11.6 Å². The molecular weight excluding hydrogens is 558 g/mol. The van der Waals surface area contributed by atoms with Gasteiger partial charge in [0.15, 0.2) is 0 Å². The van der Waals surface area contributed by atoms with Crippen molar-refractivity contribution >= 4 is 44.0 Å². The maximum atomic E-state index is 15.6. The molecule has 212 valence electrons. The van der Waals surface area contributed by atoms with Crippen LogP contribution in [0.3, 0.4) is 0 Å². The Morgan fingerprint density at radius 2 is 1.82 bits per heavy atom. The van der Waals surface area contributed by atoms with Crippen molar-refractivity contribution in [3.05, 3.63) is 70.4 Å². The molecule has 0 unspecified atom stereocenters. The normalized spacial score (nSPS) is 18.0. The maximum Gasteiger partial charge on any atom is 0.237 e. The highest BCUT2D eigenvalue weighted by molar-refractivity contribution is 7.91. The first kappa shape index (κ1) is 28.3. The summed E-state index contributed by atoms with van der Waals surface area (Å²) in [4.78, 5) is 4.40. The van der Waals surface area contributed by atoms with Gasteiger partial charge in [0.05, 0.1) is 22.3 Å². The van der Waals surface area contributed by atoms with E-state index < -0.39 is 33.1 Å². The predicted octanol–water partition coefficient (Wildman–Crippen LogP) is 6.12. The molecule has 5 rings (SSSR count). The van der Waals surface area contributed by atoms with Crippen LogP contribution in [0.2, 0.25) is 5.02 Å². The number of nitrogens with two attached hydrogens (primary N) is 2. The van der Waals surface area contributed by atoms with Crippen molar-refractivity contribution in [2.24, 2.45) is 5.73 Å². The number of pyridine rings is 1. The molecule has 2 heterocycles. The van der Waals surface area contributed by atoms with Crippen molar-refractivity contribution in [3.8, 4) is 11.3 Å². The van der Waals surface area contributed by atoms with Gasteiger partial charge in [0.2, 0.25) is 10.0 Å². The summed E-state index contributed by atoms with van der Waals surface area (Å²) in [6.07, 6.45) is 5.27. The van der Waals surface area contributed by atoms with Gasteiger partial charge < -0.3 is 11.5 Å². The van der Waals surface area contributed by atoms with E-state index in [0.717, 1.165) is 48.9 Å². The Morgan fingerprint density at radius 1 is 1.12 bits per heavy atom. The fourth-order valence-corrected chi connectivity index (χ4v) is 6.85. The summed E-state index contributed by atoms with van der Waals surface area (Å²) in [6.45, 7) is 3.89. The highest BCUT2D eigenvalue weighted by atomic mass is 35.5. The van der Waals surface area contributed by atoms with Gasteiger partial charge in [0.25, 0.3) is 0 Å². The summed E-state index contributed by atoms with van der Waals surface area (Å²) < 4.78 is 60.3. The zero-order valence-corrected chi connectivity index (χ0v) is 23.7. The molecule has 0 radical (unpaired) electrons. The first-order valence-corrected chi connectivity index (χ1v) is 15.1. The lowest BCUT2D eigenvalue weighted by molar-refractivity contribution is 0.395. The minimum atomic E-state index is -4.10. The number of benzene rings is 2. The Labute approximate surface area is 236 Å². The predicted molar refractivity (Wildman–Crippen MR) is 155 cm³/mol. The first-order valence-electron chi connectivity index (χ1n) is 13.1. The van der Waals surface area contributed by atoms with Gasteiger partial charge in [-0.15, -0.1) is 0 Å². The fourth-order valence-electron chi connectivity index (χ4n) is 5.34. The Balaban J connectivity index is 1.56. The fraction of sp³-hybridized carbons (Fsp3) is 0.357. The lowest BCUT2D eigenvalue weighted by Gasteiger charge is -2.27. The summed E-state index contributed by atoms with van der Waals surface area (Å²) in [5.74, 6) is -1.99. The van der Waals surface area contributed by atoms with E-state index >= 15 is 8.78 Å². The molecule has 2 aromatic carbocycles. The topological polar surface area (TPSA) is 129 Å². The largest absolute Gasteiger partial charge is 0.383 e. The van der Waals surface area contributed by atoms with Crippen molar-refractivity contribution < 1.29 is 17.2 Å². The highest BCUT2D eigenvalue weighted by Gasteiger charge is 2.29. The van der Waals surface area contributed by atoms with Gasteiger partial charge in [0, 0.05) is 34.9 Å². The van der Waals surface area contributed by atoms with E-state index in [1.165, 1.54) is 0 Å². The van der Waals surface area contributed by atoms with Crippen LogP contribution in [0.4, 0.5) is 20.3 Å². The molecule has 0 spiro atoms. The van der Waals surface area contributed by atoms with E-state index in [1.54, 1.807) is 35.1 Å². The maximum absolute atomic E-state index is 15.6. The van der Waals surface area contributed by atoms with Crippen LogP contribution in [0.25, 0.3) is 22.2 Å². The summed E-state index contributed by atoms with van der Waals surface area (Å²) in [6, 6.07) is 8.21. The third-order valence-corrected chi connectivity index (χ3v) is 8.95. The molecule has 5 N–H and O–H groups in total. The van der Waals surface area contributed by atoms with Gasteiger partial charge in [0.1, 0.15) is 23.1 Å². The molecule has 1 saturated carbocycles. The number of halogens is 3. The van der Waals surface area contributed by atoms with Crippen LogP contribution < -0.4 is 16.2 Å². The first-order chi connectivity index (χ1) is 18.9. The molecule has 2 aromatic heterocycles. The van der Waals surface area contributed by atoms with E-state index in [9.17, 15) is 8.42 Å². The van der Waals surface area contributed by atoms with Gasteiger partial charge in [-0.25, -0.2) is 22.2 Å². The summed E-state index contributed by atoms with van der Waals surface area (Å²) in [5, 5.41) is 5.36. The number of hydrogen-bond acceptors (Lipinski definition) is 6. The Bertz CT molecular complexity index is 1680. The van der Waals surface area contributed by atoms with Crippen LogP contribution in [0.1, 0.15) is 62.6 Å². The Hall–Kier alpha value is -3.28. The van der Waals surface area contributed by atoms with Crippen molar-refractivity contribution in [2.75, 3.05) is 10.5 Å². The number of rotatable bonds is 7.